The van der Waals surface area contributed by atoms with E-state index in [9.17, 15) is 9.90 Å². The van der Waals surface area contributed by atoms with Gasteiger partial charge in [0.1, 0.15) is 12.2 Å². The van der Waals surface area contributed by atoms with E-state index in [0.717, 1.165) is 12.8 Å². The van der Waals surface area contributed by atoms with Crippen LogP contribution < -0.4 is 0 Å². The number of hydrogen-bond acceptors (Lipinski definition) is 6. The highest BCUT2D eigenvalue weighted by Crippen LogP contribution is 2.72. The minimum atomic E-state index is -0.890. The number of ketones is 1. The van der Waals surface area contributed by atoms with Crippen molar-refractivity contribution < 1.29 is 28.8 Å². The molecule has 2 saturated heterocycles. The molecule has 2 heterocycles. The number of allylic oxidation sites excluding steroid dienone is 4. The molecule has 6 heteroatoms. The molecule has 2 saturated carbocycles. The van der Waals surface area contributed by atoms with Gasteiger partial charge >= 0.3 is 0 Å². The first-order valence-electron chi connectivity index (χ1n) is 11.4. The van der Waals surface area contributed by atoms with E-state index in [1.165, 1.54) is 5.57 Å². The first-order chi connectivity index (χ1) is 14.3. The molecular weight excluding hydrogens is 384 g/mol. The predicted molar refractivity (Wildman–Crippen MR) is 107 cm³/mol. The number of carbonyl (C=O) groups is 1. The second kappa shape index (κ2) is 6.04. The Hall–Kier alpha value is -1.05. The van der Waals surface area contributed by atoms with E-state index in [0.29, 0.717) is 31.3 Å². The summed E-state index contributed by atoms with van der Waals surface area (Å²) in [6, 6.07) is 0. The van der Waals surface area contributed by atoms with E-state index in [1.807, 2.05) is 0 Å². The summed E-state index contributed by atoms with van der Waals surface area (Å²) in [5, 5.41) is 11.6. The summed E-state index contributed by atoms with van der Waals surface area (Å²) in [5.41, 5.74) is 0.0155. The Bertz CT molecular complexity index is 837. The number of carbonyl (C=O) groups excluding carboxylic acids is 1. The highest BCUT2D eigenvalue weighted by molar-refractivity contribution is 5.93. The molecule has 0 bridgehead atoms. The lowest BCUT2D eigenvalue weighted by molar-refractivity contribution is -0.265. The molecule has 0 amide bonds. The minimum absolute atomic E-state index is 0.112. The number of ether oxygens (including phenoxy) is 4. The molecule has 0 aromatic carbocycles. The van der Waals surface area contributed by atoms with Gasteiger partial charge in [0.25, 0.3) is 0 Å². The Morgan fingerprint density at radius 2 is 1.97 bits per heavy atom. The van der Waals surface area contributed by atoms with Crippen LogP contribution in [0.4, 0.5) is 0 Å². The van der Waals surface area contributed by atoms with Crippen molar-refractivity contribution in [3.8, 4) is 0 Å². The molecule has 0 aromatic rings. The summed E-state index contributed by atoms with van der Waals surface area (Å²) >= 11 is 0. The SMILES string of the molecule is C[C@@H]1C[C@H]2[C@@H]3CC=C4CC(=O)C=C[C@]4(C)[C@H]3[C@@H](O)C[C@]2(C)[C@]12OCOC21COCO1. The fourth-order valence-electron chi connectivity index (χ4n) is 8.76. The van der Waals surface area contributed by atoms with Crippen molar-refractivity contribution in [2.45, 2.75) is 63.9 Å². The second-order valence-corrected chi connectivity index (χ2v) is 10.9. The smallest absolute Gasteiger partial charge is 0.227 e. The van der Waals surface area contributed by atoms with Crippen molar-refractivity contribution in [2.75, 3.05) is 20.2 Å². The molecule has 1 unspecified atom stereocenters. The fourth-order valence-corrected chi connectivity index (χ4v) is 8.76. The van der Waals surface area contributed by atoms with Crippen LogP contribution in [0.1, 0.15) is 46.5 Å². The zero-order chi connectivity index (χ0) is 20.9. The topological polar surface area (TPSA) is 74.2 Å². The summed E-state index contributed by atoms with van der Waals surface area (Å²) in [7, 11) is 0. The number of fused-ring (bicyclic) bond motifs is 7. The first kappa shape index (κ1) is 19.6. The third-order valence-electron chi connectivity index (χ3n) is 9.81. The zero-order valence-corrected chi connectivity index (χ0v) is 18.1. The summed E-state index contributed by atoms with van der Waals surface area (Å²) in [5.74, 6) is 0.322. The molecule has 2 spiro atoms. The van der Waals surface area contributed by atoms with Crippen molar-refractivity contribution in [1.29, 1.82) is 0 Å². The summed E-state index contributed by atoms with van der Waals surface area (Å²) in [6.07, 6.45) is 8.64. The van der Waals surface area contributed by atoms with Gasteiger partial charge in [-0.25, -0.2) is 0 Å². The maximum absolute atomic E-state index is 12.0. The van der Waals surface area contributed by atoms with Crippen LogP contribution in [0.5, 0.6) is 0 Å². The van der Waals surface area contributed by atoms with Gasteiger partial charge in [-0.2, -0.15) is 0 Å². The number of rotatable bonds is 0. The van der Waals surface area contributed by atoms with Gasteiger partial charge in [0, 0.05) is 23.2 Å². The van der Waals surface area contributed by atoms with Crippen LogP contribution >= 0.6 is 0 Å². The molecule has 30 heavy (non-hydrogen) atoms. The number of aliphatic hydroxyl groups excluding tert-OH is 1. The third kappa shape index (κ3) is 2.06. The van der Waals surface area contributed by atoms with Crippen molar-refractivity contribution in [2.24, 2.45) is 34.5 Å². The quantitative estimate of drug-likeness (QED) is 0.612. The minimum Gasteiger partial charge on any atom is -0.393 e. The van der Waals surface area contributed by atoms with Gasteiger partial charge in [0.15, 0.2) is 19.4 Å². The highest BCUT2D eigenvalue weighted by atomic mass is 16.9. The van der Waals surface area contributed by atoms with Crippen LogP contribution in [0.2, 0.25) is 0 Å². The lowest BCUT2D eigenvalue weighted by atomic mass is 9.46. The summed E-state index contributed by atoms with van der Waals surface area (Å²) in [4.78, 5) is 12.0. The van der Waals surface area contributed by atoms with E-state index in [-0.39, 0.29) is 42.0 Å². The molecular formula is C24H32O6. The average molecular weight is 417 g/mol. The highest BCUT2D eigenvalue weighted by Gasteiger charge is 2.78. The summed E-state index contributed by atoms with van der Waals surface area (Å²) < 4.78 is 24.3. The molecule has 4 aliphatic carbocycles. The maximum Gasteiger partial charge on any atom is 0.227 e. The van der Waals surface area contributed by atoms with Crippen LogP contribution in [0.3, 0.4) is 0 Å². The number of aliphatic hydroxyl groups is 1. The van der Waals surface area contributed by atoms with Gasteiger partial charge in [-0.15, -0.1) is 0 Å². The molecule has 6 nitrogen and oxygen atoms in total. The standard InChI is InChI=1S/C24H32O6/c1-14-8-18-17-5-4-15-9-16(25)6-7-21(15,2)20(17)19(26)10-22(18,3)24(14)23(29-13-30-24)11-27-12-28-23/h4,6-7,14,17-20,26H,5,8-13H2,1-3H3/t14-,17+,18+,19+,20-,21+,22+,23?,24-/m1/s1. The molecule has 2 aliphatic heterocycles. The second-order valence-electron chi connectivity index (χ2n) is 10.9. The first-order valence-corrected chi connectivity index (χ1v) is 11.4. The average Bonchev–Trinajstić information content (AvgIpc) is 3.38. The van der Waals surface area contributed by atoms with Crippen molar-refractivity contribution in [3.63, 3.8) is 0 Å². The van der Waals surface area contributed by atoms with Crippen molar-refractivity contribution in [1.82, 2.24) is 0 Å². The molecule has 4 fully saturated rings. The molecule has 0 radical (unpaired) electrons. The summed E-state index contributed by atoms with van der Waals surface area (Å²) in [6.45, 7) is 7.53. The zero-order valence-electron chi connectivity index (χ0n) is 18.1. The predicted octanol–water partition coefficient (Wildman–Crippen LogP) is 2.95. The van der Waals surface area contributed by atoms with Crippen LogP contribution in [-0.4, -0.2) is 48.6 Å². The Morgan fingerprint density at radius 1 is 1.17 bits per heavy atom. The van der Waals surface area contributed by atoms with E-state index in [4.69, 9.17) is 18.9 Å². The molecule has 9 atom stereocenters. The van der Waals surface area contributed by atoms with Gasteiger partial charge in [0.05, 0.1) is 6.10 Å². The maximum atomic E-state index is 12.0. The van der Waals surface area contributed by atoms with Gasteiger partial charge < -0.3 is 24.1 Å². The van der Waals surface area contributed by atoms with E-state index in [2.05, 4.69) is 32.9 Å². The van der Waals surface area contributed by atoms with Gasteiger partial charge in [-0.1, -0.05) is 38.5 Å². The van der Waals surface area contributed by atoms with Crippen LogP contribution in [0.25, 0.3) is 0 Å². The Morgan fingerprint density at radius 3 is 2.73 bits per heavy atom. The third-order valence-corrected chi connectivity index (χ3v) is 9.81. The lowest BCUT2D eigenvalue weighted by Gasteiger charge is -2.60. The Kier molecular flexibility index (Phi) is 3.95. The van der Waals surface area contributed by atoms with E-state index >= 15 is 0 Å². The van der Waals surface area contributed by atoms with Crippen LogP contribution in [-0.2, 0) is 23.7 Å². The van der Waals surface area contributed by atoms with Crippen molar-refractivity contribution >= 4 is 5.78 Å². The van der Waals surface area contributed by atoms with Gasteiger partial charge in [0.2, 0.25) is 5.79 Å². The Labute approximate surface area is 177 Å². The molecule has 0 aromatic heterocycles. The normalized spacial score (nSPS) is 56.9. The molecule has 6 rings (SSSR count). The monoisotopic (exact) mass is 416 g/mol. The van der Waals surface area contributed by atoms with E-state index in [1.54, 1.807) is 6.08 Å². The van der Waals surface area contributed by atoms with Crippen molar-refractivity contribution in [3.05, 3.63) is 23.8 Å². The Balaban J connectivity index is 1.45. The van der Waals surface area contributed by atoms with Gasteiger partial charge in [-0.05, 0) is 43.1 Å². The van der Waals surface area contributed by atoms with Crippen LogP contribution in [0.15, 0.2) is 23.8 Å². The lowest BCUT2D eigenvalue weighted by Crippen LogP contribution is -2.67. The largest absolute Gasteiger partial charge is 0.393 e. The molecule has 164 valence electrons. The number of hydrogen-bond donors (Lipinski definition) is 1. The fraction of sp³-hybridized carbons (Fsp3) is 0.792. The van der Waals surface area contributed by atoms with Gasteiger partial charge in [-0.3, -0.25) is 4.79 Å². The molecule has 6 aliphatic rings. The van der Waals surface area contributed by atoms with Crippen LogP contribution in [0, 0.1) is 34.5 Å². The van der Waals surface area contributed by atoms with E-state index < -0.39 is 17.5 Å². The molecule has 1 N–H and O–H groups in total.